The molecule has 1 heterocycles. The zero-order valence-corrected chi connectivity index (χ0v) is 7.47. The molecule has 0 aliphatic carbocycles. The smallest absolute Gasteiger partial charge is 0.169 e. The van der Waals surface area contributed by atoms with Gasteiger partial charge in [-0.25, -0.2) is 0 Å². The molecule has 0 radical (unpaired) electrons. The Morgan fingerprint density at radius 2 is 2.20 bits per heavy atom. The van der Waals surface area contributed by atoms with Crippen LogP contribution >= 0.6 is 15.9 Å². The van der Waals surface area contributed by atoms with Crippen LogP contribution in [0.15, 0.2) is 21.4 Å². The minimum atomic E-state index is -0.810. The number of aliphatic hydroxyl groups is 1. The maximum absolute atomic E-state index is 9.42. The summed E-state index contributed by atoms with van der Waals surface area (Å²) < 4.78 is 5.59. The van der Waals surface area contributed by atoms with Gasteiger partial charge in [-0.05, 0) is 35.8 Å². The number of rotatable bonds is 1. The minimum absolute atomic E-state index is 0.643. The maximum atomic E-state index is 9.42. The third-order valence-corrected chi connectivity index (χ3v) is 1.69. The van der Waals surface area contributed by atoms with Gasteiger partial charge >= 0.3 is 0 Å². The van der Waals surface area contributed by atoms with E-state index in [4.69, 9.17) is 4.42 Å². The molecule has 2 nitrogen and oxygen atoms in total. The Kier molecular flexibility index (Phi) is 1.88. The third kappa shape index (κ3) is 1.61. The Hall–Kier alpha value is -0.280. The number of hydrogen-bond acceptors (Lipinski definition) is 2. The predicted octanol–water partition coefficient (Wildman–Crippen LogP) is 2.27. The molecule has 0 atom stereocenters. The molecule has 3 heteroatoms. The van der Waals surface area contributed by atoms with E-state index in [1.165, 1.54) is 6.26 Å². The number of halogens is 1. The van der Waals surface area contributed by atoms with Crippen LogP contribution in [0.2, 0.25) is 0 Å². The van der Waals surface area contributed by atoms with Gasteiger partial charge in [0.15, 0.2) is 4.67 Å². The summed E-state index contributed by atoms with van der Waals surface area (Å²) in [5, 5.41) is 9.42. The second kappa shape index (κ2) is 2.40. The lowest BCUT2D eigenvalue weighted by atomic mass is 10.0. The maximum Gasteiger partial charge on any atom is 0.169 e. The molecule has 1 aromatic rings. The molecule has 1 N–H and O–H groups in total. The summed E-state index contributed by atoms with van der Waals surface area (Å²) in [6, 6.07) is 1.75. The van der Waals surface area contributed by atoms with E-state index in [1.807, 2.05) is 0 Å². The molecule has 0 saturated carbocycles. The molecule has 0 unspecified atom stereocenters. The lowest BCUT2D eigenvalue weighted by Crippen LogP contribution is -2.13. The molecule has 0 amide bonds. The summed E-state index contributed by atoms with van der Waals surface area (Å²) >= 11 is 3.15. The molecule has 0 aliphatic heterocycles. The van der Waals surface area contributed by atoms with E-state index in [0.29, 0.717) is 4.67 Å². The van der Waals surface area contributed by atoms with E-state index in [-0.39, 0.29) is 0 Å². The van der Waals surface area contributed by atoms with Crippen molar-refractivity contribution in [2.24, 2.45) is 0 Å². The Morgan fingerprint density at radius 3 is 2.40 bits per heavy atom. The summed E-state index contributed by atoms with van der Waals surface area (Å²) in [5.74, 6) is 0. The lowest BCUT2D eigenvalue weighted by molar-refractivity contribution is 0.0779. The first-order valence-electron chi connectivity index (χ1n) is 2.97. The largest absolute Gasteiger partial charge is 0.457 e. The predicted molar refractivity (Wildman–Crippen MR) is 41.7 cm³/mol. The number of furan rings is 1. The molecule has 56 valence electrons. The van der Waals surface area contributed by atoms with E-state index in [0.717, 1.165) is 5.56 Å². The van der Waals surface area contributed by atoms with Crippen LogP contribution in [0.5, 0.6) is 0 Å². The first-order chi connectivity index (χ1) is 4.50. The van der Waals surface area contributed by atoms with Gasteiger partial charge in [0, 0.05) is 5.56 Å². The van der Waals surface area contributed by atoms with Gasteiger partial charge < -0.3 is 9.52 Å². The zero-order chi connectivity index (χ0) is 7.78. The highest BCUT2D eigenvalue weighted by Crippen LogP contribution is 2.24. The summed E-state index contributed by atoms with van der Waals surface area (Å²) in [6.07, 6.45) is 1.53. The average molecular weight is 205 g/mol. The molecule has 0 aromatic carbocycles. The van der Waals surface area contributed by atoms with E-state index < -0.39 is 5.60 Å². The van der Waals surface area contributed by atoms with Gasteiger partial charge in [-0.15, -0.1) is 0 Å². The van der Waals surface area contributed by atoms with E-state index in [9.17, 15) is 5.11 Å². The monoisotopic (exact) mass is 204 g/mol. The van der Waals surface area contributed by atoms with Crippen LogP contribution in [0, 0.1) is 0 Å². The summed E-state index contributed by atoms with van der Waals surface area (Å²) in [5.41, 5.74) is -0.0328. The molecule has 1 aromatic heterocycles. The Labute approximate surface area is 68.0 Å². The first-order valence-corrected chi connectivity index (χ1v) is 3.76. The van der Waals surface area contributed by atoms with Gasteiger partial charge in [-0.2, -0.15) is 0 Å². The van der Waals surface area contributed by atoms with Crippen molar-refractivity contribution in [1.82, 2.24) is 0 Å². The van der Waals surface area contributed by atoms with Gasteiger partial charge in [0.05, 0.1) is 11.9 Å². The van der Waals surface area contributed by atoms with Crippen LogP contribution in [-0.4, -0.2) is 5.11 Å². The molecule has 1 rings (SSSR count). The van der Waals surface area contributed by atoms with Crippen molar-refractivity contribution in [3.05, 3.63) is 22.6 Å². The first kappa shape index (κ1) is 7.82. The van der Waals surface area contributed by atoms with Crippen LogP contribution < -0.4 is 0 Å². The fraction of sp³-hybridized carbons (Fsp3) is 0.429. The van der Waals surface area contributed by atoms with Crippen molar-refractivity contribution in [2.75, 3.05) is 0 Å². The highest BCUT2D eigenvalue weighted by molar-refractivity contribution is 9.10. The SMILES string of the molecule is CC(C)(O)c1coc(Br)c1. The average Bonchev–Trinajstić information content (AvgIpc) is 2.11. The van der Waals surface area contributed by atoms with Crippen molar-refractivity contribution < 1.29 is 9.52 Å². The molecule has 0 saturated heterocycles. The fourth-order valence-electron chi connectivity index (χ4n) is 0.631. The zero-order valence-electron chi connectivity index (χ0n) is 5.89. The van der Waals surface area contributed by atoms with E-state index >= 15 is 0 Å². The van der Waals surface area contributed by atoms with E-state index in [1.54, 1.807) is 19.9 Å². The van der Waals surface area contributed by atoms with E-state index in [2.05, 4.69) is 15.9 Å². The van der Waals surface area contributed by atoms with Gasteiger partial charge in [0.1, 0.15) is 0 Å². The quantitative estimate of drug-likeness (QED) is 0.762. The second-order valence-electron chi connectivity index (χ2n) is 2.70. The molecule has 0 fully saturated rings. The molecule has 0 bridgehead atoms. The van der Waals surface area contributed by atoms with Crippen molar-refractivity contribution in [3.8, 4) is 0 Å². The molecular formula is C7H9BrO2. The van der Waals surface area contributed by atoms with Crippen LogP contribution in [-0.2, 0) is 5.60 Å². The molecule has 0 aliphatic rings. The Bertz CT molecular complexity index is 222. The number of hydrogen-bond donors (Lipinski definition) is 1. The Morgan fingerprint density at radius 1 is 1.60 bits per heavy atom. The highest BCUT2D eigenvalue weighted by Gasteiger charge is 2.17. The van der Waals surface area contributed by atoms with Crippen molar-refractivity contribution in [1.29, 1.82) is 0 Å². The normalized spacial score (nSPS) is 12.0. The topological polar surface area (TPSA) is 33.4 Å². The highest BCUT2D eigenvalue weighted by atomic mass is 79.9. The molecule has 0 spiro atoms. The summed E-state index contributed by atoms with van der Waals surface area (Å²) in [7, 11) is 0. The third-order valence-electron chi connectivity index (χ3n) is 1.27. The van der Waals surface area contributed by atoms with Gasteiger partial charge in [-0.1, -0.05) is 0 Å². The molecule has 10 heavy (non-hydrogen) atoms. The van der Waals surface area contributed by atoms with Crippen LogP contribution in [0.1, 0.15) is 19.4 Å². The Balaban J connectivity index is 2.96. The van der Waals surface area contributed by atoms with Crippen molar-refractivity contribution in [2.45, 2.75) is 19.4 Å². The molecular weight excluding hydrogens is 196 g/mol. The standard InChI is InChI=1S/C7H9BrO2/c1-7(2,9)5-3-6(8)10-4-5/h3-4,9H,1-2H3. The van der Waals surface area contributed by atoms with Crippen molar-refractivity contribution >= 4 is 15.9 Å². The van der Waals surface area contributed by atoms with Crippen LogP contribution in [0.25, 0.3) is 0 Å². The van der Waals surface area contributed by atoms with Gasteiger partial charge in [-0.3, -0.25) is 0 Å². The summed E-state index contributed by atoms with van der Waals surface area (Å²) in [4.78, 5) is 0. The van der Waals surface area contributed by atoms with Gasteiger partial charge in [0.2, 0.25) is 0 Å². The minimum Gasteiger partial charge on any atom is -0.457 e. The van der Waals surface area contributed by atoms with Crippen molar-refractivity contribution in [3.63, 3.8) is 0 Å². The summed E-state index contributed by atoms with van der Waals surface area (Å²) in [6.45, 7) is 3.43. The second-order valence-corrected chi connectivity index (χ2v) is 3.48. The van der Waals surface area contributed by atoms with Crippen LogP contribution in [0.4, 0.5) is 0 Å². The van der Waals surface area contributed by atoms with Crippen LogP contribution in [0.3, 0.4) is 0 Å². The lowest BCUT2D eigenvalue weighted by Gasteiger charge is -2.13. The van der Waals surface area contributed by atoms with Gasteiger partial charge in [0.25, 0.3) is 0 Å². The fourth-order valence-corrected chi connectivity index (χ4v) is 0.971.